The third-order valence-corrected chi connectivity index (χ3v) is 5.93. The van der Waals surface area contributed by atoms with E-state index < -0.39 is 17.5 Å². The summed E-state index contributed by atoms with van der Waals surface area (Å²) in [5.74, 6) is -0.688. The second kappa shape index (κ2) is 11.8. The number of likely N-dealkylation sites (tertiary alicyclic amines) is 1. The SMILES string of the molecule is CC(C(=O)O)C1(O)CCN(C(=O)NCCCc2ccc3c(n2)NCCC3)CC1.CC(C)=O. The number of carbonyl (C=O) groups excluding carboxylic acids is 2. The fourth-order valence-electron chi connectivity index (χ4n) is 3.84. The molecule has 9 nitrogen and oxygen atoms in total. The molecule has 1 aromatic heterocycles. The number of ketones is 1. The molecule has 1 fully saturated rings. The smallest absolute Gasteiger partial charge is 0.317 e. The van der Waals surface area contributed by atoms with Crippen molar-refractivity contribution in [1.82, 2.24) is 15.2 Å². The average Bonchev–Trinajstić information content (AvgIpc) is 2.76. The first-order chi connectivity index (χ1) is 15.1. The minimum absolute atomic E-state index is 0.162. The van der Waals surface area contributed by atoms with Gasteiger partial charge in [-0.15, -0.1) is 0 Å². The van der Waals surface area contributed by atoms with Crippen LogP contribution >= 0.6 is 0 Å². The number of hydrogen-bond acceptors (Lipinski definition) is 6. The fourth-order valence-corrected chi connectivity index (χ4v) is 3.84. The Labute approximate surface area is 189 Å². The van der Waals surface area contributed by atoms with Crippen molar-refractivity contribution in [3.63, 3.8) is 0 Å². The van der Waals surface area contributed by atoms with Crippen molar-refractivity contribution >= 4 is 23.6 Å². The average molecular weight is 449 g/mol. The van der Waals surface area contributed by atoms with Crippen LogP contribution in [0.1, 0.15) is 57.7 Å². The van der Waals surface area contributed by atoms with Gasteiger partial charge in [0.2, 0.25) is 0 Å². The maximum Gasteiger partial charge on any atom is 0.317 e. The Morgan fingerprint density at radius 2 is 1.91 bits per heavy atom. The number of aliphatic hydroxyl groups is 1. The van der Waals surface area contributed by atoms with Crippen LogP contribution in [0.25, 0.3) is 0 Å². The van der Waals surface area contributed by atoms with Crippen LogP contribution in [0.3, 0.4) is 0 Å². The molecule has 178 valence electrons. The lowest BCUT2D eigenvalue weighted by Crippen LogP contribution is -2.53. The molecule has 0 radical (unpaired) electrons. The third-order valence-electron chi connectivity index (χ3n) is 5.93. The minimum atomic E-state index is -1.24. The Morgan fingerprint density at radius 1 is 1.25 bits per heavy atom. The molecular weight excluding hydrogens is 412 g/mol. The van der Waals surface area contributed by atoms with Gasteiger partial charge in [0.15, 0.2) is 0 Å². The number of nitrogens with zero attached hydrogens (tertiary/aromatic N) is 2. The van der Waals surface area contributed by atoms with Crippen molar-refractivity contribution in [3.8, 4) is 0 Å². The van der Waals surface area contributed by atoms with Crippen LogP contribution in [0, 0.1) is 5.92 Å². The molecule has 1 atom stereocenters. The third kappa shape index (κ3) is 7.47. The molecule has 0 aromatic carbocycles. The van der Waals surface area contributed by atoms with Gasteiger partial charge in [-0.25, -0.2) is 9.78 Å². The van der Waals surface area contributed by atoms with Gasteiger partial charge in [0.1, 0.15) is 11.6 Å². The van der Waals surface area contributed by atoms with E-state index in [1.807, 2.05) is 0 Å². The lowest BCUT2D eigenvalue weighted by atomic mass is 9.80. The number of aliphatic carboxylic acids is 1. The lowest BCUT2D eigenvalue weighted by Gasteiger charge is -2.40. The standard InChI is InChI=1S/C20H30N4O4.C3H6O/c1-14(18(25)26)20(28)8-12-24(13-9-20)19(27)22-11-3-5-16-7-6-15-4-2-10-21-17(15)23-16;1-3(2)4/h6-7,14,28H,2-5,8-13H2,1H3,(H,21,23)(H,22,27)(H,25,26);1-2H3. The molecule has 1 saturated heterocycles. The molecule has 3 heterocycles. The zero-order chi connectivity index (χ0) is 23.7. The van der Waals surface area contributed by atoms with Crippen LogP contribution in [0.2, 0.25) is 0 Å². The molecule has 0 spiro atoms. The van der Waals surface area contributed by atoms with Gasteiger partial charge in [0.25, 0.3) is 0 Å². The van der Waals surface area contributed by atoms with Gasteiger partial charge in [-0.05, 0) is 70.9 Å². The second-order valence-corrected chi connectivity index (χ2v) is 8.73. The van der Waals surface area contributed by atoms with Gasteiger partial charge >= 0.3 is 12.0 Å². The molecule has 9 heteroatoms. The van der Waals surface area contributed by atoms with Crippen molar-refractivity contribution in [2.45, 2.75) is 64.9 Å². The number of urea groups is 1. The number of pyridine rings is 1. The van der Waals surface area contributed by atoms with Crippen LogP contribution < -0.4 is 10.6 Å². The van der Waals surface area contributed by atoms with E-state index in [4.69, 9.17) is 5.11 Å². The highest BCUT2D eigenvalue weighted by atomic mass is 16.4. The highest BCUT2D eigenvalue weighted by molar-refractivity contribution is 5.74. The number of anilines is 1. The molecule has 0 aliphatic carbocycles. The maximum atomic E-state index is 12.3. The molecule has 32 heavy (non-hydrogen) atoms. The van der Waals surface area contributed by atoms with E-state index in [9.17, 15) is 19.5 Å². The number of fused-ring (bicyclic) bond motifs is 1. The van der Waals surface area contributed by atoms with E-state index in [0.717, 1.165) is 43.7 Å². The zero-order valence-electron chi connectivity index (χ0n) is 19.3. The first-order valence-corrected chi connectivity index (χ1v) is 11.3. The molecule has 3 rings (SSSR count). The van der Waals surface area contributed by atoms with Gasteiger partial charge in [-0.3, -0.25) is 4.79 Å². The summed E-state index contributed by atoms with van der Waals surface area (Å²) in [5, 5.41) is 25.8. The van der Waals surface area contributed by atoms with Crippen molar-refractivity contribution in [3.05, 3.63) is 23.4 Å². The normalized spacial score (nSPS) is 17.7. The largest absolute Gasteiger partial charge is 0.481 e. The monoisotopic (exact) mass is 448 g/mol. The number of rotatable bonds is 6. The van der Waals surface area contributed by atoms with Crippen LogP contribution in [-0.4, -0.2) is 69.7 Å². The number of aryl methyl sites for hydroxylation is 2. The predicted octanol–water partition coefficient (Wildman–Crippen LogP) is 2.22. The van der Waals surface area contributed by atoms with Crippen molar-refractivity contribution in [2.24, 2.45) is 5.92 Å². The Balaban J connectivity index is 0.000000837. The number of nitrogens with one attached hydrogen (secondary N) is 2. The quantitative estimate of drug-likeness (QED) is 0.491. The Morgan fingerprint density at radius 3 is 2.53 bits per heavy atom. The van der Waals surface area contributed by atoms with Crippen molar-refractivity contribution in [1.29, 1.82) is 0 Å². The number of amides is 2. The molecular formula is C23H36N4O5. The number of Topliss-reactive ketones (excluding diaryl/α,β-unsaturated/α-hetero) is 1. The summed E-state index contributed by atoms with van der Waals surface area (Å²) in [6.45, 7) is 6.81. The summed E-state index contributed by atoms with van der Waals surface area (Å²) in [6, 6.07) is 4.03. The summed E-state index contributed by atoms with van der Waals surface area (Å²) in [6.07, 6.45) is 4.36. The van der Waals surface area contributed by atoms with Gasteiger partial charge in [-0.2, -0.15) is 0 Å². The van der Waals surface area contributed by atoms with Gasteiger partial charge in [0.05, 0.1) is 11.5 Å². The van der Waals surface area contributed by atoms with Crippen molar-refractivity contribution < 1.29 is 24.6 Å². The van der Waals surface area contributed by atoms with E-state index in [1.54, 1.807) is 4.90 Å². The molecule has 2 amide bonds. The molecule has 4 N–H and O–H groups in total. The van der Waals surface area contributed by atoms with Crippen LogP contribution in [-0.2, 0) is 22.4 Å². The minimum Gasteiger partial charge on any atom is -0.481 e. The summed E-state index contributed by atoms with van der Waals surface area (Å²) in [5.41, 5.74) is 1.05. The molecule has 1 unspecified atom stereocenters. The number of carboxylic acids is 1. The first-order valence-electron chi connectivity index (χ1n) is 11.3. The lowest BCUT2D eigenvalue weighted by molar-refractivity contribution is -0.154. The van der Waals surface area contributed by atoms with E-state index in [2.05, 4.69) is 27.8 Å². The summed E-state index contributed by atoms with van der Waals surface area (Å²) in [4.78, 5) is 39.2. The van der Waals surface area contributed by atoms with E-state index >= 15 is 0 Å². The number of hydrogen-bond donors (Lipinski definition) is 4. The molecule has 1 aromatic rings. The Kier molecular flexibility index (Phi) is 9.43. The summed E-state index contributed by atoms with van der Waals surface area (Å²) >= 11 is 0. The first kappa shape index (κ1) is 25.6. The number of aromatic nitrogens is 1. The highest BCUT2D eigenvalue weighted by Gasteiger charge is 2.41. The van der Waals surface area contributed by atoms with Crippen LogP contribution in [0.4, 0.5) is 10.6 Å². The predicted molar refractivity (Wildman–Crippen MR) is 122 cm³/mol. The van der Waals surface area contributed by atoms with Gasteiger partial charge in [0, 0.05) is 31.9 Å². The molecule has 2 aliphatic rings. The molecule has 0 bridgehead atoms. The van der Waals surface area contributed by atoms with Crippen LogP contribution in [0.15, 0.2) is 12.1 Å². The molecule has 2 aliphatic heterocycles. The summed E-state index contributed by atoms with van der Waals surface area (Å²) < 4.78 is 0. The Hall–Kier alpha value is -2.68. The highest BCUT2D eigenvalue weighted by Crippen LogP contribution is 2.30. The van der Waals surface area contributed by atoms with E-state index in [1.165, 1.54) is 26.3 Å². The van der Waals surface area contributed by atoms with Crippen LogP contribution in [0.5, 0.6) is 0 Å². The topological polar surface area (TPSA) is 132 Å². The van der Waals surface area contributed by atoms with E-state index in [0.29, 0.717) is 19.6 Å². The van der Waals surface area contributed by atoms with Gasteiger partial charge < -0.3 is 30.5 Å². The number of piperidine rings is 1. The van der Waals surface area contributed by atoms with E-state index in [-0.39, 0.29) is 24.7 Å². The maximum absolute atomic E-state index is 12.3. The fraction of sp³-hybridized carbons (Fsp3) is 0.652. The number of carboxylic acid groups (broad SMARTS) is 1. The van der Waals surface area contributed by atoms with Gasteiger partial charge in [-0.1, -0.05) is 6.07 Å². The summed E-state index contributed by atoms with van der Waals surface area (Å²) in [7, 11) is 0. The molecule has 0 saturated carbocycles. The van der Waals surface area contributed by atoms with Crippen molar-refractivity contribution in [2.75, 3.05) is 31.5 Å². The Bertz CT molecular complexity index is 802. The zero-order valence-corrected chi connectivity index (χ0v) is 19.3. The second-order valence-electron chi connectivity index (χ2n) is 8.73. The number of carbonyl (C=O) groups is 3.